The third kappa shape index (κ3) is 12.3. The highest BCUT2D eigenvalue weighted by Crippen LogP contribution is 2.35. The topological polar surface area (TPSA) is 76.9 Å². The van der Waals surface area contributed by atoms with Gasteiger partial charge in [0.2, 0.25) is 5.92 Å². The van der Waals surface area contributed by atoms with Crippen molar-refractivity contribution in [3.05, 3.63) is 61.2 Å². The smallest absolute Gasteiger partial charge is 0.380 e. The molecule has 1 saturated carbocycles. The van der Waals surface area contributed by atoms with Crippen molar-refractivity contribution >= 4 is 17.2 Å². The van der Waals surface area contributed by atoms with E-state index < -0.39 is 18.1 Å². The predicted octanol–water partition coefficient (Wildman–Crippen LogP) is 8.03. The molecule has 1 aliphatic carbocycles. The van der Waals surface area contributed by atoms with Crippen LogP contribution < -0.4 is 16.0 Å². The molecule has 44 heavy (non-hydrogen) atoms. The molecule has 2 atom stereocenters. The fourth-order valence-electron chi connectivity index (χ4n) is 4.82. The van der Waals surface area contributed by atoms with E-state index in [0.29, 0.717) is 37.6 Å². The lowest BCUT2D eigenvalue weighted by atomic mass is 9.97. The first-order valence-corrected chi connectivity index (χ1v) is 15.3. The fraction of sp³-hybridized carbons (Fsp3) is 0.594. The number of rotatable bonds is 9. The number of allylic oxidation sites excluding steroid dienone is 1. The highest BCUT2D eigenvalue weighted by molar-refractivity contribution is 6.48. The molecule has 0 spiro atoms. The number of anilines is 1. The van der Waals surface area contributed by atoms with Gasteiger partial charge in [0.25, 0.3) is 0 Å². The van der Waals surface area contributed by atoms with Crippen LogP contribution in [-0.2, 0) is 0 Å². The molecule has 0 radical (unpaired) electrons. The molecule has 3 heterocycles. The van der Waals surface area contributed by atoms with Crippen molar-refractivity contribution in [1.82, 2.24) is 20.5 Å². The second-order valence-electron chi connectivity index (χ2n) is 10.2. The van der Waals surface area contributed by atoms with Crippen molar-refractivity contribution in [3.63, 3.8) is 0 Å². The van der Waals surface area contributed by atoms with Gasteiger partial charge < -0.3 is 20.9 Å². The third-order valence-electron chi connectivity index (χ3n) is 7.08. The van der Waals surface area contributed by atoms with Gasteiger partial charge >= 0.3 is 6.18 Å². The molecule has 0 bridgehead atoms. The number of halogens is 5. The first-order chi connectivity index (χ1) is 20.9. The maximum absolute atomic E-state index is 12.8. The molecule has 0 aromatic carbocycles. The van der Waals surface area contributed by atoms with Gasteiger partial charge in [0.05, 0.1) is 23.3 Å². The van der Waals surface area contributed by atoms with Crippen molar-refractivity contribution in [2.24, 2.45) is 9.98 Å². The minimum Gasteiger partial charge on any atom is -0.380 e. The predicted molar refractivity (Wildman–Crippen MR) is 172 cm³/mol. The molecule has 1 aromatic heterocycles. The van der Waals surface area contributed by atoms with Crippen molar-refractivity contribution in [2.45, 2.75) is 96.8 Å². The first-order valence-electron chi connectivity index (χ1n) is 15.3. The zero-order chi connectivity index (χ0) is 33.3. The maximum Gasteiger partial charge on any atom is 0.410 e. The van der Waals surface area contributed by atoms with E-state index in [9.17, 15) is 22.0 Å². The van der Waals surface area contributed by atoms with Crippen molar-refractivity contribution in [2.75, 3.05) is 32.1 Å². The van der Waals surface area contributed by atoms with E-state index >= 15 is 0 Å². The molecule has 4 rings (SSSR count). The number of pyridine rings is 1. The van der Waals surface area contributed by atoms with Crippen molar-refractivity contribution in [3.8, 4) is 0 Å². The largest absolute Gasteiger partial charge is 0.410 e. The monoisotopic (exact) mass is 627 g/mol. The van der Waals surface area contributed by atoms with Crippen LogP contribution in [0.15, 0.2) is 65.6 Å². The highest BCUT2D eigenvalue weighted by Gasteiger charge is 2.46. The van der Waals surface area contributed by atoms with Crippen LogP contribution in [0.25, 0.3) is 0 Å². The number of alkyl halides is 5. The summed E-state index contributed by atoms with van der Waals surface area (Å²) < 4.78 is 62.9. The summed E-state index contributed by atoms with van der Waals surface area (Å²) in [6.07, 6.45) is 3.42. The minimum absolute atomic E-state index is 0.118. The van der Waals surface area contributed by atoms with Crippen molar-refractivity contribution in [1.29, 1.82) is 0 Å². The Labute approximate surface area is 259 Å². The lowest BCUT2D eigenvalue weighted by Crippen LogP contribution is -2.39. The molecular weight excluding hydrogens is 577 g/mol. The van der Waals surface area contributed by atoms with Crippen LogP contribution in [0.3, 0.4) is 0 Å². The van der Waals surface area contributed by atoms with E-state index in [2.05, 4.69) is 57.6 Å². The van der Waals surface area contributed by atoms with Crippen LogP contribution in [0.5, 0.6) is 0 Å². The van der Waals surface area contributed by atoms with E-state index in [1.54, 1.807) is 24.2 Å². The van der Waals surface area contributed by atoms with E-state index in [1.165, 1.54) is 0 Å². The second kappa shape index (κ2) is 19.1. The molecule has 2 unspecified atom stereocenters. The summed E-state index contributed by atoms with van der Waals surface area (Å²) >= 11 is 0. The number of hydrogen-bond donors (Lipinski definition) is 3. The highest BCUT2D eigenvalue weighted by atomic mass is 19.4. The summed E-state index contributed by atoms with van der Waals surface area (Å²) in [7, 11) is 1.75. The lowest BCUT2D eigenvalue weighted by Gasteiger charge is -2.29. The van der Waals surface area contributed by atoms with Crippen LogP contribution in [0.1, 0.15) is 84.2 Å². The number of aromatic nitrogens is 1. The van der Waals surface area contributed by atoms with Gasteiger partial charge in [-0.15, -0.1) is 6.58 Å². The summed E-state index contributed by atoms with van der Waals surface area (Å²) in [5, 5.41) is 8.48. The van der Waals surface area contributed by atoms with Gasteiger partial charge in [0, 0.05) is 39.2 Å². The van der Waals surface area contributed by atoms with Gasteiger partial charge in [0.1, 0.15) is 24.2 Å². The standard InChI is InChI=1S/C14H19F3N4.C10H15N3.C6H10F2.C2H6/c1-4-11(10-5-6-19-13(7-10)18-3)21-8-12(14(15,16)17)20-9(21)2;1-4-6-11-8(3)10-9(5-2)12-7-13-10;7-6(8)4-2-1-3-5-6;1-2/h5-7,11-12,20H,2,4,8H2,1,3H3,(H,18,19);4,11H,1,3,5-7H2,2H3;1-5H2;1-2H3. The number of nitrogens with zero attached hydrogens (tertiary/aromatic N) is 4. The minimum atomic E-state index is -4.27. The van der Waals surface area contributed by atoms with Gasteiger partial charge in [-0.25, -0.2) is 13.8 Å². The number of aliphatic imine (C=N–C) groups is 2. The quantitative estimate of drug-likeness (QED) is 0.191. The normalized spacial score (nSPS) is 19.3. The van der Waals surface area contributed by atoms with E-state index in [1.807, 2.05) is 32.9 Å². The van der Waals surface area contributed by atoms with Crippen LogP contribution >= 0.6 is 0 Å². The Morgan fingerprint density at radius 1 is 1.18 bits per heavy atom. The van der Waals surface area contributed by atoms with Gasteiger partial charge in [-0.05, 0) is 43.4 Å². The first kappa shape index (κ1) is 38.6. The SMILES string of the molecule is C=C1NC(C(F)(F)F)CN1C(CC)c1ccnc(NC)c1.C=CCNC(=C)C1=NCN=C1CC.CC.FC1(F)CCCCC1. The zero-order valence-corrected chi connectivity index (χ0v) is 26.8. The Bertz CT molecular complexity index is 1110. The summed E-state index contributed by atoms with van der Waals surface area (Å²) in [4.78, 5) is 14.3. The summed E-state index contributed by atoms with van der Waals surface area (Å²) in [5.41, 5.74) is 3.73. The molecule has 0 amide bonds. The third-order valence-corrected chi connectivity index (χ3v) is 7.08. The maximum atomic E-state index is 12.8. The Kier molecular flexibility index (Phi) is 16.7. The average molecular weight is 628 g/mol. The fourth-order valence-corrected chi connectivity index (χ4v) is 4.82. The van der Waals surface area contributed by atoms with Crippen LogP contribution in [0, 0.1) is 0 Å². The van der Waals surface area contributed by atoms with Crippen LogP contribution in [0.2, 0.25) is 0 Å². The van der Waals surface area contributed by atoms with Gasteiger partial charge in [-0.3, -0.25) is 9.98 Å². The second-order valence-corrected chi connectivity index (χ2v) is 10.2. The lowest BCUT2D eigenvalue weighted by molar-refractivity contribution is -0.150. The van der Waals surface area contributed by atoms with Crippen LogP contribution in [-0.4, -0.2) is 66.3 Å². The van der Waals surface area contributed by atoms with Crippen LogP contribution in [0.4, 0.5) is 27.8 Å². The molecular formula is C32H50F5N7. The summed E-state index contributed by atoms with van der Waals surface area (Å²) in [6, 6.07) is 1.95. The Morgan fingerprint density at radius 2 is 1.84 bits per heavy atom. The molecule has 7 nitrogen and oxygen atoms in total. The number of hydrogen-bond acceptors (Lipinski definition) is 7. The number of nitrogens with one attached hydrogen (secondary N) is 3. The molecule has 2 aliphatic heterocycles. The molecule has 1 saturated heterocycles. The Hall–Kier alpha value is -3.44. The molecule has 12 heteroatoms. The van der Waals surface area contributed by atoms with Crippen molar-refractivity contribution < 1.29 is 22.0 Å². The average Bonchev–Trinajstić information content (AvgIpc) is 3.65. The van der Waals surface area contributed by atoms with Gasteiger partial charge in [-0.2, -0.15) is 13.2 Å². The van der Waals surface area contributed by atoms with Gasteiger partial charge in [0.15, 0.2) is 0 Å². The summed E-state index contributed by atoms with van der Waals surface area (Å²) in [5.74, 6) is -1.32. The Balaban J connectivity index is 0.000000357. The van der Waals surface area contributed by atoms with E-state index in [-0.39, 0.29) is 25.4 Å². The molecule has 2 fully saturated rings. The summed E-state index contributed by atoms with van der Waals surface area (Å²) in [6.45, 7) is 20.4. The Morgan fingerprint density at radius 3 is 2.32 bits per heavy atom. The van der Waals surface area contributed by atoms with Gasteiger partial charge in [-0.1, -0.05) is 53.3 Å². The van der Waals surface area contributed by atoms with E-state index in [4.69, 9.17) is 0 Å². The van der Waals surface area contributed by atoms with E-state index in [0.717, 1.165) is 42.1 Å². The zero-order valence-electron chi connectivity index (χ0n) is 26.8. The molecule has 3 N–H and O–H groups in total. The molecule has 248 valence electrons. The molecule has 3 aliphatic rings. The molecule has 1 aromatic rings.